The number of rotatable bonds is 8. The molecule has 1 fully saturated rings. The Morgan fingerprint density at radius 2 is 2.29 bits per heavy atom. The van der Waals surface area contributed by atoms with E-state index in [1.807, 2.05) is 11.8 Å². The van der Waals surface area contributed by atoms with Gasteiger partial charge in [-0.15, -0.1) is 5.10 Å². The lowest BCUT2D eigenvalue weighted by molar-refractivity contribution is 0.472. The summed E-state index contributed by atoms with van der Waals surface area (Å²) in [6.07, 6.45) is 5.75. The highest BCUT2D eigenvalue weighted by Crippen LogP contribution is 2.19. The van der Waals surface area contributed by atoms with Gasteiger partial charge in [-0.3, -0.25) is 0 Å². The summed E-state index contributed by atoms with van der Waals surface area (Å²) < 4.78 is 5.51. The molecule has 1 heterocycles. The van der Waals surface area contributed by atoms with Gasteiger partial charge in [0, 0.05) is 12.1 Å². The van der Waals surface area contributed by atoms with Crippen LogP contribution in [0.25, 0.3) is 0 Å². The fourth-order valence-corrected chi connectivity index (χ4v) is 2.07. The number of nitrogens with zero attached hydrogens (tertiary/aromatic N) is 2. The summed E-state index contributed by atoms with van der Waals surface area (Å²) >= 11 is 1.85. The molecule has 2 N–H and O–H groups in total. The fourth-order valence-electron chi connectivity index (χ4n) is 1.48. The van der Waals surface area contributed by atoms with E-state index in [2.05, 4.69) is 34.0 Å². The van der Waals surface area contributed by atoms with Crippen molar-refractivity contribution in [2.24, 2.45) is 0 Å². The molecule has 0 aromatic carbocycles. The summed E-state index contributed by atoms with van der Waals surface area (Å²) in [4.78, 5) is 0. The maximum Gasteiger partial charge on any atom is 0.315 e. The van der Waals surface area contributed by atoms with E-state index in [9.17, 15) is 0 Å². The van der Waals surface area contributed by atoms with E-state index < -0.39 is 0 Å². The van der Waals surface area contributed by atoms with Crippen LogP contribution in [0.5, 0.6) is 0 Å². The Morgan fingerprint density at radius 1 is 1.47 bits per heavy atom. The van der Waals surface area contributed by atoms with Gasteiger partial charge in [0.2, 0.25) is 5.89 Å². The van der Waals surface area contributed by atoms with Crippen LogP contribution >= 0.6 is 11.8 Å². The first-order valence-corrected chi connectivity index (χ1v) is 7.48. The average Bonchev–Trinajstić information content (AvgIpc) is 3.05. The molecular weight excluding hydrogens is 236 g/mol. The quantitative estimate of drug-likeness (QED) is 0.740. The molecule has 6 heteroatoms. The lowest BCUT2D eigenvalue weighted by Crippen LogP contribution is -2.16. The third-order valence-electron chi connectivity index (χ3n) is 2.71. The predicted octanol–water partition coefficient (Wildman–Crippen LogP) is 1.88. The number of thioether (sulfide) groups is 1. The van der Waals surface area contributed by atoms with E-state index in [0.29, 0.717) is 30.5 Å². The fraction of sp³-hybridized carbons (Fsp3) is 0.818. The molecule has 1 aliphatic carbocycles. The summed E-state index contributed by atoms with van der Waals surface area (Å²) in [6, 6.07) is 1.57. The van der Waals surface area contributed by atoms with Crippen LogP contribution in [0.15, 0.2) is 4.42 Å². The van der Waals surface area contributed by atoms with Crippen molar-refractivity contribution in [2.45, 2.75) is 44.8 Å². The van der Waals surface area contributed by atoms with Gasteiger partial charge in [-0.1, -0.05) is 5.10 Å². The molecule has 0 bridgehead atoms. The number of hydrogen-bond acceptors (Lipinski definition) is 6. The molecule has 17 heavy (non-hydrogen) atoms. The molecule has 1 aromatic rings. The highest BCUT2D eigenvalue weighted by Gasteiger charge is 2.21. The SMILES string of the molecule is CSCCC(C)Nc1nnc(CNC2CC2)o1. The molecule has 1 aromatic heterocycles. The molecule has 0 amide bonds. The Labute approximate surface area is 106 Å². The Balaban J connectivity index is 1.72. The number of nitrogens with one attached hydrogen (secondary N) is 2. The first-order chi connectivity index (χ1) is 8.28. The number of anilines is 1. The first-order valence-electron chi connectivity index (χ1n) is 6.09. The number of hydrogen-bond donors (Lipinski definition) is 2. The van der Waals surface area contributed by atoms with Crippen molar-refractivity contribution in [3.63, 3.8) is 0 Å². The second kappa shape index (κ2) is 6.26. The molecule has 96 valence electrons. The van der Waals surface area contributed by atoms with Crippen LogP contribution in [0.4, 0.5) is 6.01 Å². The van der Waals surface area contributed by atoms with Gasteiger partial charge < -0.3 is 15.1 Å². The van der Waals surface area contributed by atoms with Gasteiger partial charge in [-0.25, -0.2) is 0 Å². The lowest BCUT2D eigenvalue weighted by atomic mass is 10.3. The van der Waals surface area contributed by atoms with E-state index in [1.165, 1.54) is 12.8 Å². The minimum atomic E-state index is 0.368. The molecule has 5 nitrogen and oxygen atoms in total. The van der Waals surface area contributed by atoms with Crippen molar-refractivity contribution in [1.29, 1.82) is 0 Å². The average molecular weight is 256 g/mol. The zero-order chi connectivity index (χ0) is 12.1. The van der Waals surface area contributed by atoms with E-state index in [4.69, 9.17) is 4.42 Å². The largest absolute Gasteiger partial charge is 0.407 e. The van der Waals surface area contributed by atoms with Crippen LogP contribution in [0.3, 0.4) is 0 Å². The highest BCUT2D eigenvalue weighted by atomic mass is 32.2. The third-order valence-corrected chi connectivity index (χ3v) is 3.35. The predicted molar refractivity (Wildman–Crippen MR) is 70.2 cm³/mol. The van der Waals surface area contributed by atoms with Gasteiger partial charge in [0.15, 0.2) is 0 Å². The summed E-state index contributed by atoms with van der Waals surface area (Å²) in [5.41, 5.74) is 0. The van der Waals surface area contributed by atoms with Crippen LogP contribution in [0, 0.1) is 0 Å². The van der Waals surface area contributed by atoms with E-state index >= 15 is 0 Å². The van der Waals surface area contributed by atoms with Crippen LogP contribution in [-0.4, -0.2) is 34.3 Å². The zero-order valence-electron chi connectivity index (χ0n) is 10.4. The van der Waals surface area contributed by atoms with E-state index in [-0.39, 0.29) is 0 Å². The maximum absolute atomic E-state index is 5.51. The van der Waals surface area contributed by atoms with Crippen molar-refractivity contribution >= 4 is 17.8 Å². The third kappa shape index (κ3) is 4.55. The molecule has 1 unspecified atom stereocenters. The van der Waals surface area contributed by atoms with Crippen molar-refractivity contribution in [2.75, 3.05) is 17.3 Å². The zero-order valence-corrected chi connectivity index (χ0v) is 11.2. The first kappa shape index (κ1) is 12.7. The lowest BCUT2D eigenvalue weighted by Gasteiger charge is -2.09. The molecule has 1 atom stereocenters. The standard InChI is InChI=1S/C11H20N4OS/c1-8(5-6-17-2)13-11-15-14-10(16-11)7-12-9-3-4-9/h8-9,12H,3-7H2,1-2H3,(H,13,15). The highest BCUT2D eigenvalue weighted by molar-refractivity contribution is 7.98. The summed E-state index contributed by atoms with van der Waals surface area (Å²) in [7, 11) is 0. The van der Waals surface area contributed by atoms with Crippen molar-refractivity contribution < 1.29 is 4.42 Å². The smallest absolute Gasteiger partial charge is 0.315 e. The van der Waals surface area contributed by atoms with Crippen molar-refractivity contribution in [1.82, 2.24) is 15.5 Å². The second-order valence-electron chi connectivity index (χ2n) is 4.48. The summed E-state index contributed by atoms with van der Waals surface area (Å²) in [6.45, 7) is 2.81. The summed E-state index contributed by atoms with van der Waals surface area (Å²) in [5, 5.41) is 14.6. The van der Waals surface area contributed by atoms with Crippen molar-refractivity contribution in [3.05, 3.63) is 5.89 Å². The topological polar surface area (TPSA) is 63.0 Å². The van der Waals surface area contributed by atoms with Crippen LogP contribution in [-0.2, 0) is 6.54 Å². The van der Waals surface area contributed by atoms with Gasteiger partial charge in [-0.2, -0.15) is 11.8 Å². The normalized spacial score (nSPS) is 17.1. The molecule has 0 radical (unpaired) electrons. The minimum absolute atomic E-state index is 0.368. The van der Waals surface area contributed by atoms with E-state index in [0.717, 1.165) is 12.2 Å². The molecule has 0 saturated heterocycles. The van der Waals surface area contributed by atoms with Crippen molar-refractivity contribution in [3.8, 4) is 0 Å². The summed E-state index contributed by atoms with van der Waals surface area (Å²) in [5.74, 6) is 1.80. The Morgan fingerprint density at radius 3 is 3.00 bits per heavy atom. The molecule has 1 aliphatic rings. The van der Waals surface area contributed by atoms with Gasteiger partial charge >= 0.3 is 6.01 Å². The molecule has 0 spiro atoms. The molecular formula is C11H20N4OS. The van der Waals surface area contributed by atoms with Gasteiger partial charge in [0.1, 0.15) is 0 Å². The molecule has 1 saturated carbocycles. The molecule has 2 rings (SSSR count). The Bertz CT molecular complexity index is 340. The monoisotopic (exact) mass is 256 g/mol. The molecule has 0 aliphatic heterocycles. The van der Waals surface area contributed by atoms with Gasteiger partial charge in [0.05, 0.1) is 6.54 Å². The van der Waals surface area contributed by atoms with E-state index in [1.54, 1.807) is 0 Å². The van der Waals surface area contributed by atoms with Crippen LogP contribution < -0.4 is 10.6 Å². The number of aromatic nitrogens is 2. The van der Waals surface area contributed by atoms with Gasteiger partial charge in [0.25, 0.3) is 0 Å². The van der Waals surface area contributed by atoms with Crippen LogP contribution in [0.2, 0.25) is 0 Å². The Kier molecular flexibility index (Phi) is 4.67. The maximum atomic E-state index is 5.51. The van der Waals surface area contributed by atoms with Crippen LogP contribution in [0.1, 0.15) is 32.1 Å². The minimum Gasteiger partial charge on any atom is -0.407 e. The second-order valence-corrected chi connectivity index (χ2v) is 5.47. The van der Waals surface area contributed by atoms with Gasteiger partial charge in [-0.05, 0) is 38.2 Å². The Hall–Kier alpha value is -0.750.